The molecule has 0 amide bonds. The Morgan fingerprint density at radius 1 is 1.45 bits per heavy atom. The van der Waals surface area contributed by atoms with Gasteiger partial charge in [0.25, 0.3) is 0 Å². The summed E-state index contributed by atoms with van der Waals surface area (Å²) < 4.78 is 9.75. The standard InChI is InChI=1S/C5H9N3O2.ClH/c1-9-3-5-8-7-4(2-6)10-5;/h2-3,6H2,1H3;1H. The van der Waals surface area contributed by atoms with Crippen molar-refractivity contribution >= 4 is 12.4 Å². The number of halogens is 1. The van der Waals surface area contributed by atoms with E-state index in [2.05, 4.69) is 10.2 Å². The third-order valence-electron chi connectivity index (χ3n) is 0.951. The summed E-state index contributed by atoms with van der Waals surface area (Å²) >= 11 is 0. The fourth-order valence-corrected chi connectivity index (χ4v) is 0.553. The maximum atomic E-state index is 5.22. The Hall–Kier alpha value is -0.650. The van der Waals surface area contributed by atoms with E-state index in [0.29, 0.717) is 18.4 Å². The van der Waals surface area contributed by atoms with Crippen LogP contribution in [0.1, 0.15) is 11.8 Å². The molecule has 2 N–H and O–H groups in total. The monoisotopic (exact) mass is 179 g/mol. The average Bonchev–Trinajstić information content (AvgIpc) is 2.37. The van der Waals surface area contributed by atoms with Crippen LogP contribution < -0.4 is 5.73 Å². The molecule has 1 aromatic rings. The predicted molar refractivity (Wildman–Crippen MR) is 40.2 cm³/mol. The number of nitrogens with two attached hydrogens (primary N) is 1. The number of ether oxygens (including phenoxy) is 1. The van der Waals surface area contributed by atoms with Crippen LogP contribution >= 0.6 is 12.4 Å². The van der Waals surface area contributed by atoms with Gasteiger partial charge >= 0.3 is 0 Å². The first-order chi connectivity index (χ1) is 4.86. The molecule has 0 saturated heterocycles. The smallest absolute Gasteiger partial charge is 0.242 e. The summed E-state index contributed by atoms with van der Waals surface area (Å²) in [6.07, 6.45) is 0. The Kier molecular flexibility index (Phi) is 4.76. The maximum Gasteiger partial charge on any atom is 0.242 e. The first-order valence-electron chi connectivity index (χ1n) is 2.87. The topological polar surface area (TPSA) is 74.2 Å². The van der Waals surface area contributed by atoms with E-state index in [-0.39, 0.29) is 19.0 Å². The molecule has 0 fully saturated rings. The van der Waals surface area contributed by atoms with Gasteiger partial charge in [-0.3, -0.25) is 0 Å². The normalized spacial score (nSPS) is 9.27. The minimum Gasteiger partial charge on any atom is -0.421 e. The highest BCUT2D eigenvalue weighted by molar-refractivity contribution is 5.85. The molecule has 0 aromatic carbocycles. The van der Waals surface area contributed by atoms with E-state index in [9.17, 15) is 0 Å². The largest absolute Gasteiger partial charge is 0.421 e. The number of aromatic nitrogens is 2. The van der Waals surface area contributed by atoms with Crippen molar-refractivity contribution in [1.29, 1.82) is 0 Å². The molecule has 0 aliphatic carbocycles. The minimum absolute atomic E-state index is 0. The van der Waals surface area contributed by atoms with Gasteiger partial charge in [0.05, 0.1) is 6.54 Å². The van der Waals surface area contributed by atoms with Crippen LogP contribution in [0.4, 0.5) is 0 Å². The molecular weight excluding hydrogens is 170 g/mol. The molecule has 11 heavy (non-hydrogen) atoms. The van der Waals surface area contributed by atoms with E-state index in [1.807, 2.05) is 0 Å². The van der Waals surface area contributed by atoms with Crippen LogP contribution in [0.15, 0.2) is 4.42 Å². The predicted octanol–water partition coefficient (Wildman–Crippen LogP) is 0.0965. The first-order valence-corrected chi connectivity index (χ1v) is 2.87. The number of hydrogen-bond acceptors (Lipinski definition) is 5. The molecule has 5 nitrogen and oxygen atoms in total. The van der Waals surface area contributed by atoms with Crippen LogP contribution in [0.5, 0.6) is 0 Å². The highest BCUT2D eigenvalue weighted by atomic mass is 35.5. The summed E-state index contributed by atoms with van der Waals surface area (Å²) in [7, 11) is 1.56. The van der Waals surface area contributed by atoms with Crippen molar-refractivity contribution in [3.8, 4) is 0 Å². The van der Waals surface area contributed by atoms with E-state index in [1.54, 1.807) is 7.11 Å². The third kappa shape index (κ3) is 2.83. The first kappa shape index (κ1) is 10.3. The summed E-state index contributed by atoms with van der Waals surface area (Å²) in [4.78, 5) is 0. The van der Waals surface area contributed by atoms with Crippen molar-refractivity contribution in [3.63, 3.8) is 0 Å². The Labute approximate surface area is 70.3 Å². The molecule has 1 heterocycles. The summed E-state index contributed by atoms with van der Waals surface area (Å²) in [6.45, 7) is 0.615. The highest BCUT2D eigenvalue weighted by Gasteiger charge is 2.01. The second-order valence-corrected chi connectivity index (χ2v) is 1.73. The summed E-state index contributed by atoms with van der Waals surface area (Å²) in [5.41, 5.74) is 5.22. The number of nitrogens with zero attached hydrogens (tertiary/aromatic N) is 2. The number of rotatable bonds is 3. The zero-order chi connectivity index (χ0) is 7.40. The second kappa shape index (κ2) is 5.06. The number of hydrogen-bond donors (Lipinski definition) is 1. The maximum absolute atomic E-state index is 5.22. The Morgan fingerprint density at radius 2 is 2.09 bits per heavy atom. The van der Waals surface area contributed by atoms with E-state index < -0.39 is 0 Å². The Balaban J connectivity index is 0.000001000. The minimum atomic E-state index is 0. The van der Waals surface area contributed by atoms with Gasteiger partial charge in [0.15, 0.2) is 0 Å². The van der Waals surface area contributed by atoms with Gasteiger partial charge in [-0.15, -0.1) is 22.6 Å². The Morgan fingerprint density at radius 3 is 2.55 bits per heavy atom. The molecule has 0 bridgehead atoms. The third-order valence-corrected chi connectivity index (χ3v) is 0.951. The molecule has 0 atom stereocenters. The molecule has 0 radical (unpaired) electrons. The van der Waals surface area contributed by atoms with Crippen LogP contribution in [0.25, 0.3) is 0 Å². The summed E-state index contributed by atoms with van der Waals surface area (Å²) in [5, 5.41) is 7.29. The van der Waals surface area contributed by atoms with E-state index in [1.165, 1.54) is 0 Å². The molecule has 0 saturated carbocycles. The van der Waals surface area contributed by atoms with Crippen molar-refractivity contribution < 1.29 is 9.15 Å². The molecule has 0 unspecified atom stereocenters. The molecule has 1 aromatic heterocycles. The van der Waals surface area contributed by atoms with Gasteiger partial charge in [-0.1, -0.05) is 0 Å². The van der Waals surface area contributed by atoms with Crippen molar-refractivity contribution in [2.75, 3.05) is 7.11 Å². The van der Waals surface area contributed by atoms with E-state index in [0.717, 1.165) is 0 Å². The second-order valence-electron chi connectivity index (χ2n) is 1.73. The SMILES string of the molecule is COCc1nnc(CN)o1.Cl. The molecular formula is C5H10ClN3O2. The fraction of sp³-hybridized carbons (Fsp3) is 0.600. The van der Waals surface area contributed by atoms with Gasteiger partial charge in [0.1, 0.15) is 6.61 Å². The van der Waals surface area contributed by atoms with Gasteiger partial charge < -0.3 is 14.9 Å². The lowest BCUT2D eigenvalue weighted by Crippen LogP contribution is -1.95. The van der Waals surface area contributed by atoms with Gasteiger partial charge in [0.2, 0.25) is 11.8 Å². The average molecular weight is 180 g/mol. The molecule has 0 aliphatic heterocycles. The lowest BCUT2D eigenvalue weighted by Gasteiger charge is -1.87. The van der Waals surface area contributed by atoms with Crippen LogP contribution in [0.2, 0.25) is 0 Å². The zero-order valence-corrected chi connectivity index (χ0v) is 6.93. The van der Waals surface area contributed by atoms with Gasteiger partial charge in [-0.25, -0.2) is 0 Å². The van der Waals surface area contributed by atoms with Crippen molar-refractivity contribution in [1.82, 2.24) is 10.2 Å². The van der Waals surface area contributed by atoms with Gasteiger partial charge in [-0.05, 0) is 0 Å². The Bertz CT molecular complexity index is 203. The van der Waals surface area contributed by atoms with Crippen LogP contribution in [0.3, 0.4) is 0 Å². The molecule has 64 valence electrons. The van der Waals surface area contributed by atoms with E-state index >= 15 is 0 Å². The molecule has 0 spiro atoms. The number of methoxy groups -OCH3 is 1. The fourth-order valence-electron chi connectivity index (χ4n) is 0.553. The quantitative estimate of drug-likeness (QED) is 0.712. The summed E-state index contributed by atoms with van der Waals surface area (Å²) in [5.74, 6) is 0.898. The van der Waals surface area contributed by atoms with Crippen molar-refractivity contribution in [2.24, 2.45) is 5.73 Å². The van der Waals surface area contributed by atoms with Crippen LogP contribution in [-0.4, -0.2) is 17.3 Å². The van der Waals surface area contributed by atoms with Crippen LogP contribution in [0, 0.1) is 0 Å². The lowest BCUT2D eigenvalue weighted by molar-refractivity contribution is 0.158. The molecule has 0 aliphatic rings. The lowest BCUT2D eigenvalue weighted by atomic mass is 10.7. The highest BCUT2D eigenvalue weighted by Crippen LogP contribution is 1.98. The van der Waals surface area contributed by atoms with Crippen molar-refractivity contribution in [2.45, 2.75) is 13.2 Å². The van der Waals surface area contributed by atoms with Crippen LogP contribution in [-0.2, 0) is 17.9 Å². The summed E-state index contributed by atoms with van der Waals surface area (Å²) in [6, 6.07) is 0. The molecule has 1 rings (SSSR count). The zero-order valence-electron chi connectivity index (χ0n) is 6.11. The van der Waals surface area contributed by atoms with E-state index in [4.69, 9.17) is 14.9 Å². The van der Waals surface area contributed by atoms with Crippen molar-refractivity contribution in [3.05, 3.63) is 11.8 Å². The molecule has 6 heteroatoms. The van der Waals surface area contributed by atoms with Gasteiger partial charge in [-0.2, -0.15) is 0 Å². The van der Waals surface area contributed by atoms with Gasteiger partial charge in [0, 0.05) is 7.11 Å².